The number of aromatic nitrogens is 4. The van der Waals surface area contributed by atoms with E-state index in [0.717, 1.165) is 49.7 Å². The van der Waals surface area contributed by atoms with E-state index in [2.05, 4.69) is 31.5 Å². The third kappa shape index (κ3) is 3.90. The number of nitrogens with one attached hydrogen (secondary N) is 1. The van der Waals surface area contributed by atoms with E-state index in [0.29, 0.717) is 12.0 Å². The number of nitrogens with two attached hydrogens (primary N) is 1. The van der Waals surface area contributed by atoms with Crippen molar-refractivity contribution in [3.63, 3.8) is 0 Å². The summed E-state index contributed by atoms with van der Waals surface area (Å²) in [5, 5.41) is 7.89. The lowest BCUT2D eigenvalue weighted by atomic mass is 10.1. The summed E-state index contributed by atoms with van der Waals surface area (Å²) in [6.07, 6.45) is 7.09. The number of hydrogen-bond acceptors (Lipinski definition) is 7. The molecule has 25 heavy (non-hydrogen) atoms. The fourth-order valence-corrected chi connectivity index (χ4v) is 4.75. The normalized spacial score (nSPS) is 21.1. The van der Waals surface area contributed by atoms with Gasteiger partial charge in [-0.1, -0.05) is 0 Å². The van der Waals surface area contributed by atoms with E-state index in [1.165, 1.54) is 23.3 Å². The Hall–Kier alpha value is -1.80. The van der Waals surface area contributed by atoms with Gasteiger partial charge in [0.25, 0.3) is 0 Å². The maximum absolute atomic E-state index is 5.98. The number of nitrogen functional groups attached to an aromatic ring is 1. The molecule has 2 aliphatic rings. The van der Waals surface area contributed by atoms with Crippen molar-refractivity contribution in [1.82, 2.24) is 24.6 Å². The highest BCUT2D eigenvalue weighted by molar-refractivity contribution is 7.99. The molecule has 2 aromatic rings. The summed E-state index contributed by atoms with van der Waals surface area (Å²) in [6, 6.07) is 0.498. The van der Waals surface area contributed by atoms with Crippen molar-refractivity contribution in [2.24, 2.45) is 7.05 Å². The molecule has 0 spiro atoms. The van der Waals surface area contributed by atoms with Gasteiger partial charge in [0.1, 0.15) is 5.82 Å². The Labute approximate surface area is 152 Å². The van der Waals surface area contributed by atoms with Gasteiger partial charge < -0.3 is 11.1 Å². The minimum Gasteiger partial charge on any atom is -0.368 e. The lowest BCUT2D eigenvalue weighted by Crippen LogP contribution is -2.26. The molecular weight excluding hydrogens is 334 g/mol. The molecule has 0 amide bonds. The van der Waals surface area contributed by atoms with Gasteiger partial charge in [-0.05, 0) is 18.6 Å². The maximum Gasteiger partial charge on any atom is 0.222 e. The van der Waals surface area contributed by atoms with Crippen LogP contribution in [0.3, 0.4) is 0 Å². The van der Waals surface area contributed by atoms with Crippen molar-refractivity contribution in [2.75, 3.05) is 35.6 Å². The summed E-state index contributed by atoms with van der Waals surface area (Å²) in [5.41, 5.74) is 9.58. The van der Waals surface area contributed by atoms with Crippen molar-refractivity contribution in [3.05, 3.63) is 29.2 Å². The van der Waals surface area contributed by atoms with Crippen LogP contribution in [0.25, 0.3) is 0 Å². The Morgan fingerprint density at radius 1 is 1.32 bits per heavy atom. The predicted molar refractivity (Wildman–Crippen MR) is 102 cm³/mol. The minimum atomic E-state index is 0.382. The van der Waals surface area contributed by atoms with Gasteiger partial charge in [0, 0.05) is 62.2 Å². The van der Waals surface area contributed by atoms with Crippen LogP contribution in [-0.4, -0.2) is 55.3 Å². The second kappa shape index (κ2) is 7.21. The Balaban J connectivity index is 1.50. The zero-order chi connectivity index (χ0) is 17.2. The Bertz CT molecular complexity index is 739. The number of anilines is 2. The van der Waals surface area contributed by atoms with Crippen LogP contribution in [0.15, 0.2) is 12.4 Å². The van der Waals surface area contributed by atoms with Gasteiger partial charge in [-0.25, -0.2) is 4.98 Å². The quantitative estimate of drug-likeness (QED) is 0.851. The molecule has 4 rings (SSSR count). The van der Waals surface area contributed by atoms with Gasteiger partial charge in [0.05, 0.1) is 11.9 Å². The lowest BCUT2D eigenvalue weighted by Gasteiger charge is -2.19. The molecule has 1 atom stereocenters. The molecule has 0 radical (unpaired) electrons. The molecule has 3 N–H and O–H groups in total. The Kier molecular flexibility index (Phi) is 4.80. The molecule has 0 aliphatic carbocycles. The number of aryl methyl sites for hydroxylation is 1. The summed E-state index contributed by atoms with van der Waals surface area (Å²) in [5.74, 6) is 3.70. The average molecular weight is 360 g/mol. The Morgan fingerprint density at radius 3 is 2.96 bits per heavy atom. The maximum atomic E-state index is 5.98. The highest BCUT2D eigenvalue weighted by atomic mass is 32.2. The molecule has 1 unspecified atom stereocenters. The molecule has 134 valence electrons. The van der Waals surface area contributed by atoms with Gasteiger partial charge in [-0.2, -0.15) is 21.8 Å². The van der Waals surface area contributed by atoms with Crippen molar-refractivity contribution in [3.8, 4) is 0 Å². The average Bonchev–Trinajstić information content (AvgIpc) is 3.18. The molecule has 2 aromatic heterocycles. The first-order chi connectivity index (χ1) is 12.2. The van der Waals surface area contributed by atoms with E-state index >= 15 is 0 Å². The van der Waals surface area contributed by atoms with Crippen molar-refractivity contribution < 1.29 is 0 Å². The minimum absolute atomic E-state index is 0.382. The van der Waals surface area contributed by atoms with Crippen LogP contribution in [0.1, 0.15) is 23.2 Å². The third-order valence-electron chi connectivity index (χ3n) is 4.89. The van der Waals surface area contributed by atoms with E-state index in [4.69, 9.17) is 5.73 Å². The first-order valence-electron chi connectivity index (χ1n) is 8.87. The van der Waals surface area contributed by atoms with Gasteiger partial charge in [0.15, 0.2) is 0 Å². The third-order valence-corrected chi connectivity index (χ3v) is 6.05. The van der Waals surface area contributed by atoms with Gasteiger partial charge >= 0.3 is 0 Å². The number of thioether (sulfide) groups is 1. The zero-order valence-electron chi connectivity index (χ0n) is 14.6. The van der Waals surface area contributed by atoms with E-state index < -0.39 is 0 Å². The first kappa shape index (κ1) is 16.7. The zero-order valence-corrected chi connectivity index (χ0v) is 15.4. The summed E-state index contributed by atoms with van der Waals surface area (Å²) in [4.78, 5) is 11.5. The standard InChI is InChI=1S/C17H25N7S/c1-23-9-12(8-19-23)10-24-5-2-14-15(3-6-24)21-17(18)22-16(14)20-13-4-7-25-11-13/h8-9,13H,2-7,10-11H2,1H3,(H3,18,20,21,22). The highest BCUT2D eigenvalue weighted by Gasteiger charge is 2.23. The van der Waals surface area contributed by atoms with Crippen LogP contribution in [0.2, 0.25) is 0 Å². The van der Waals surface area contributed by atoms with E-state index in [1.54, 1.807) is 0 Å². The Morgan fingerprint density at radius 2 is 2.20 bits per heavy atom. The SMILES string of the molecule is Cn1cc(CN2CCc3nc(N)nc(NC4CCSC4)c3CC2)cn1. The van der Waals surface area contributed by atoms with E-state index in [1.807, 2.05) is 29.7 Å². The molecule has 4 heterocycles. The van der Waals surface area contributed by atoms with Crippen LogP contribution in [0.5, 0.6) is 0 Å². The van der Waals surface area contributed by atoms with Crippen molar-refractivity contribution in [1.29, 1.82) is 0 Å². The summed E-state index contributed by atoms with van der Waals surface area (Å²) < 4.78 is 1.86. The summed E-state index contributed by atoms with van der Waals surface area (Å²) >= 11 is 2.00. The van der Waals surface area contributed by atoms with Crippen LogP contribution < -0.4 is 11.1 Å². The largest absolute Gasteiger partial charge is 0.368 e. The van der Waals surface area contributed by atoms with Gasteiger partial charge in [-0.3, -0.25) is 9.58 Å². The fourth-order valence-electron chi connectivity index (χ4n) is 3.60. The molecule has 0 aromatic carbocycles. The predicted octanol–water partition coefficient (Wildman–Crippen LogP) is 1.31. The molecule has 1 fully saturated rings. The van der Waals surface area contributed by atoms with Crippen LogP contribution >= 0.6 is 11.8 Å². The second-order valence-electron chi connectivity index (χ2n) is 6.86. The van der Waals surface area contributed by atoms with E-state index in [-0.39, 0.29) is 0 Å². The lowest BCUT2D eigenvalue weighted by molar-refractivity contribution is 0.279. The summed E-state index contributed by atoms with van der Waals surface area (Å²) in [6.45, 7) is 2.91. The molecular formula is C17H25N7S. The smallest absolute Gasteiger partial charge is 0.222 e. The monoisotopic (exact) mass is 359 g/mol. The first-order valence-corrected chi connectivity index (χ1v) is 10.0. The van der Waals surface area contributed by atoms with Gasteiger partial charge in [0.2, 0.25) is 5.95 Å². The highest BCUT2D eigenvalue weighted by Crippen LogP contribution is 2.26. The molecule has 1 saturated heterocycles. The van der Waals surface area contributed by atoms with Crippen molar-refractivity contribution in [2.45, 2.75) is 31.8 Å². The molecule has 7 nitrogen and oxygen atoms in total. The number of rotatable bonds is 4. The number of fused-ring (bicyclic) bond motifs is 1. The van der Waals surface area contributed by atoms with Gasteiger partial charge in [-0.15, -0.1) is 0 Å². The molecule has 0 saturated carbocycles. The van der Waals surface area contributed by atoms with Crippen LogP contribution in [0.4, 0.5) is 11.8 Å². The van der Waals surface area contributed by atoms with E-state index in [9.17, 15) is 0 Å². The number of hydrogen-bond donors (Lipinski definition) is 2. The fraction of sp³-hybridized carbons (Fsp3) is 0.588. The molecule has 0 bridgehead atoms. The van der Waals surface area contributed by atoms with Crippen molar-refractivity contribution >= 4 is 23.5 Å². The topological polar surface area (TPSA) is 84.9 Å². The number of nitrogens with zero attached hydrogens (tertiary/aromatic N) is 5. The second-order valence-corrected chi connectivity index (χ2v) is 8.01. The van der Waals surface area contributed by atoms with Crippen LogP contribution in [0, 0.1) is 0 Å². The van der Waals surface area contributed by atoms with Crippen LogP contribution in [-0.2, 0) is 26.4 Å². The molecule has 2 aliphatic heterocycles. The molecule has 8 heteroatoms. The summed E-state index contributed by atoms with van der Waals surface area (Å²) in [7, 11) is 1.96.